The van der Waals surface area contributed by atoms with Crippen LogP contribution < -0.4 is 50.2 Å². The van der Waals surface area contributed by atoms with Crippen molar-refractivity contribution in [2.24, 2.45) is 0 Å². The molecule has 0 N–H and O–H groups in total. The van der Waals surface area contributed by atoms with Crippen LogP contribution in [0, 0.1) is 55.4 Å². The Balaban J connectivity index is 1.45. The first-order chi connectivity index (χ1) is 43.3. The molecule has 0 heterocycles. The van der Waals surface area contributed by atoms with Crippen LogP contribution in [0.1, 0.15) is 77.9 Å². The summed E-state index contributed by atoms with van der Waals surface area (Å²) in [6.45, 7) is 46.2. The summed E-state index contributed by atoms with van der Waals surface area (Å²) in [5.41, 5.74) is 11.5. The van der Waals surface area contributed by atoms with Crippen molar-refractivity contribution < 1.29 is 59.8 Å². The van der Waals surface area contributed by atoms with Gasteiger partial charge < -0.3 is 50.2 Å². The molecular weight excluding hydrogens is 1190 g/mol. The maximum atomic E-state index is 13.6. The lowest BCUT2D eigenvalue weighted by atomic mass is 9.97. The number of ether oxygens (including phenoxy) is 2. The van der Waals surface area contributed by atoms with Crippen molar-refractivity contribution in [2.75, 3.05) is 0 Å². The molecule has 8 aromatic carbocycles. The van der Waals surface area contributed by atoms with Crippen LogP contribution in [0.5, 0.6) is 63.2 Å². The molecule has 0 fully saturated rings. The summed E-state index contributed by atoms with van der Waals surface area (Å²) in [6, 6.07) is 37.6. The molecule has 90 heavy (non-hydrogen) atoms. The Morgan fingerprint density at radius 1 is 0.311 bits per heavy atom. The van der Waals surface area contributed by atoms with Crippen molar-refractivity contribution in [3.8, 4) is 74.4 Å². The number of rotatable bonds is 29. The molecule has 0 bridgehead atoms. The van der Waals surface area contributed by atoms with E-state index in [-0.39, 0.29) is 45.4 Å². The average molecular weight is 1260 g/mol. The van der Waals surface area contributed by atoms with Gasteiger partial charge in [-0.1, -0.05) is 125 Å². The Kier molecular flexibility index (Phi) is 22.3. The Morgan fingerprint density at radius 2 is 0.589 bits per heavy atom. The molecule has 0 saturated carbocycles. The average Bonchev–Trinajstić information content (AvgIpc) is 2.37. The van der Waals surface area contributed by atoms with Crippen LogP contribution in [-0.4, -0.2) is 11.9 Å². The van der Waals surface area contributed by atoms with E-state index >= 15 is 0 Å². The third kappa shape index (κ3) is 16.4. The Morgan fingerprint density at radius 3 is 0.878 bits per heavy atom. The quantitative estimate of drug-likeness (QED) is 0.0191. The number of carbonyl (C=O) groups excluding carboxylic acids is 2. The fourth-order valence-electron chi connectivity index (χ4n) is 9.13. The minimum Gasteiger partial charge on any atom is -0.423 e. The van der Waals surface area contributed by atoms with E-state index < -0.39 is 37.7 Å². The highest BCUT2D eigenvalue weighted by atomic mass is 31.2. The first kappa shape index (κ1) is 66.1. The molecular formula is C74H69O13P3. The van der Waals surface area contributed by atoms with Crippen LogP contribution in [0.15, 0.2) is 192 Å². The van der Waals surface area contributed by atoms with Gasteiger partial charge in [-0.05, 0) is 207 Å². The highest BCUT2D eigenvalue weighted by Crippen LogP contribution is 2.58. The van der Waals surface area contributed by atoms with E-state index in [4.69, 9.17) is 50.2 Å². The monoisotopic (exact) mass is 1260 g/mol. The van der Waals surface area contributed by atoms with Crippen LogP contribution in [0.2, 0.25) is 0 Å². The molecule has 0 aliphatic heterocycles. The predicted molar refractivity (Wildman–Crippen MR) is 367 cm³/mol. The number of benzene rings is 8. The largest absolute Gasteiger partial charge is 0.530 e. The van der Waals surface area contributed by atoms with Gasteiger partial charge >= 0.3 is 37.7 Å². The maximum absolute atomic E-state index is 13.6. The molecule has 0 aromatic heterocycles. The molecule has 0 amide bonds. The van der Waals surface area contributed by atoms with Gasteiger partial charge in [0.15, 0.2) is 0 Å². The minimum atomic E-state index is -2.59. The second-order valence-electron chi connectivity index (χ2n) is 20.4. The van der Waals surface area contributed by atoms with E-state index in [0.29, 0.717) is 40.1 Å². The van der Waals surface area contributed by atoms with Gasteiger partial charge in [0.25, 0.3) is 0 Å². The van der Waals surface area contributed by atoms with Gasteiger partial charge in [0.1, 0.15) is 63.2 Å². The van der Waals surface area contributed by atoms with E-state index in [1.807, 2.05) is 114 Å². The van der Waals surface area contributed by atoms with Crippen molar-refractivity contribution in [1.29, 1.82) is 0 Å². The standard InChI is InChI=1S/C74H69O13P3/c1-17-54-25-31-60(37-46(54)9)79-88(80-61-32-26-55(18-2)47(10)38-61)85-69-44-67(77-71(75)23-7)52(15)43-66(69)73-70(86-89(81-62-33-27-56(19-3)48(11)39-62)82-63-34-28-57(20-4)49(12)40-63)45-68(78-72(76)24-8)53(16)74(73)87-90(83-64-35-29-58(21-5)50(13)41-64)84-65-36-30-59(22-6)51(14)42-65/h17-45H,1-8H2,9-16H3. The summed E-state index contributed by atoms with van der Waals surface area (Å²) in [4.78, 5) is 26.8. The van der Waals surface area contributed by atoms with Gasteiger partial charge in [0, 0.05) is 35.4 Å². The van der Waals surface area contributed by atoms with Crippen LogP contribution >= 0.6 is 25.8 Å². The molecule has 0 unspecified atom stereocenters. The van der Waals surface area contributed by atoms with Crippen molar-refractivity contribution in [3.05, 3.63) is 270 Å². The van der Waals surface area contributed by atoms with Gasteiger partial charge in [-0.15, -0.1) is 0 Å². The molecule has 0 aliphatic rings. The summed E-state index contributed by atoms with van der Waals surface area (Å²) in [5, 5.41) is 0. The lowest BCUT2D eigenvalue weighted by Crippen LogP contribution is -2.11. The van der Waals surface area contributed by atoms with Gasteiger partial charge in [0.2, 0.25) is 0 Å². The highest BCUT2D eigenvalue weighted by Gasteiger charge is 2.35. The normalized spacial score (nSPS) is 10.7. The molecule has 0 radical (unpaired) electrons. The summed E-state index contributed by atoms with van der Waals surface area (Å²) < 4.78 is 74.2. The van der Waals surface area contributed by atoms with E-state index in [9.17, 15) is 9.59 Å². The number of aryl methyl sites for hydroxylation is 7. The minimum absolute atomic E-state index is 0.00539. The topological polar surface area (TPSA) is 136 Å². The van der Waals surface area contributed by atoms with Crippen molar-refractivity contribution in [3.63, 3.8) is 0 Å². The van der Waals surface area contributed by atoms with E-state index in [1.54, 1.807) is 92.8 Å². The van der Waals surface area contributed by atoms with Gasteiger partial charge in [0.05, 0.1) is 5.56 Å². The van der Waals surface area contributed by atoms with Crippen LogP contribution in [0.3, 0.4) is 0 Å². The Labute approximate surface area is 531 Å². The molecule has 16 heteroatoms. The zero-order valence-electron chi connectivity index (χ0n) is 51.5. The molecule has 0 saturated heterocycles. The summed E-state index contributed by atoms with van der Waals surface area (Å²) in [6.07, 6.45) is 12.5. The van der Waals surface area contributed by atoms with Crippen molar-refractivity contribution >= 4 is 74.2 Å². The SMILES string of the molecule is C=CC(=O)Oc1cc(OP(Oc2ccc(C=C)c(C)c2)Oc2ccc(C=C)c(C)c2)c(-c2c(OP(Oc3ccc(C=C)c(C)c3)Oc3ccc(C=C)c(C)c3)cc(OC(=O)C=C)c(C)c2OP(Oc2ccc(C=C)c(C)c2)Oc2ccc(C=C)c(C)c2)cc1C. The number of carbonyl (C=O) groups is 2. The number of hydrogen-bond donors (Lipinski definition) is 0. The van der Waals surface area contributed by atoms with Crippen molar-refractivity contribution in [2.45, 2.75) is 55.4 Å². The molecule has 8 aromatic rings. The second-order valence-corrected chi connectivity index (χ2v) is 23.4. The molecule has 8 rings (SSSR count). The molecule has 0 spiro atoms. The fourth-order valence-corrected chi connectivity index (χ4v) is 12.2. The first-order valence-corrected chi connectivity index (χ1v) is 31.5. The van der Waals surface area contributed by atoms with Crippen LogP contribution in [0.4, 0.5) is 0 Å². The first-order valence-electron chi connectivity index (χ1n) is 28.2. The number of hydrogen-bond acceptors (Lipinski definition) is 13. The third-order valence-corrected chi connectivity index (χ3v) is 17.3. The highest BCUT2D eigenvalue weighted by molar-refractivity contribution is 7.43. The predicted octanol–water partition coefficient (Wildman–Crippen LogP) is 21.2. The van der Waals surface area contributed by atoms with Gasteiger partial charge in [-0.3, -0.25) is 0 Å². The van der Waals surface area contributed by atoms with Gasteiger partial charge in [-0.2, -0.15) is 0 Å². The molecule has 0 atom stereocenters. The molecule has 13 nitrogen and oxygen atoms in total. The Bertz CT molecular complexity index is 3950. The van der Waals surface area contributed by atoms with E-state index in [1.165, 1.54) is 12.1 Å². The third-order valence-electron chi connectivity index (χ3n) is 14.1. The zero-order chi connectivity index (χ0) is 64.8. The second kappa shape index (κ2) is 30.3. The van der Waals surface area contributed by atoms with E-state index in [2.05, 4.69) is 52.6 Å². The van der Waals surface area contributed by atoms with E-state index in [0.717, 1.165) is 78.9 Å². The summed E-state index contributed by atoms with van der Waals surface area (Å²) >= 11 is 0. The maximum Gasteiger partial charge on any atom is 0.530 e. The smallest absolute Gasteiger partial charge is 0.423 e. The molecule has 458 valence electrons. The van der Waals surface area contributed by atoms with Gasteiger partial charge in [-0.25, -0.2) is 9.59 Å². The lowest BCUT2D eigenvalue weighted by Gasteiger charge is -2.27. The molecule has 0 aliphatic carbocycles. The Hall–Kier alpha value is -9.89. The van der Waals surface area contributed by atoms with Crippen LogP contribution in [-0.2, 0) is 9.59 Å². The summed E-state index contributed by atoms with van der Waals surface area (Å²) in [5.74, 6) is 0.785. The van der Waals surface area contributed by atoms with Crippen LogP contribution in [0.25, 0.3) is 47.6 Å². The lowest BCUT2D eigenvalue weighted by molar-refractivity contribution is -0.129. The number of esters is 2. The fraction of sp³-hybridized carbons (Fsp3) is 0.108. The zero-order valence-corrected chi connectivity index (χ0v) is 54.2. The van der Waals surface area contributed by atoms with Crippen molar-refractivity contribution in [1.82, 2.24) is 0 Å². The summed E-state index contributed by atoms with van der Waals surface area (Å²) in [7, 11) is -7.70.